The van der Waals surface area contributed by atoms with E-state index < -0.39 is 10.0 Å². The van der Waals surface area contributed by atoms with Crippen LogP contribution in [-0.2, 0) is 10.0 Å². The van der Waals surface area contributed by atoms with Crippen LogP contribution in [0.4, 0.5) is 0 Å². The van der Waals surface area contributed by atoms with Crippen LogP contribution in [0.1, 0.15) is 5.56 Å². The van der Waals surface area contributed by atoms with Gasteiger partial charge < -0.3 is 0 Å². The summed E-state index contributed by atoms with van der Waals surface area (Å²) in [5, 5.41) is 0. The average Bonchev–Trinajstić information content (AvgIpc) is 2.25. The van der Waals surface area contributed by atoms with Gasteiger partial charge in [-0.2, -0.15) is 4.72 Å². The third-order valence-electron chi connectivity index (χ3n) is 1.84. The van der Waals surface area contributed by atoms with Gasteiger partial charge in [0, 0.05) is 0 Å². The van der Waals surface area contributed by atoms with Gasteiger partial charge in [-0.3, -0.25) is 9.98 Å². The number of nitrogens with zero attached hydrogens (tertiary/aromatic N) is 2. The molecule has 0 radical (unpaired) electrons. The lowest BCUT2D eigenvalue weighted by Crippen LogP contribution is -2.23. The summed E-state index contributed by atoms with van der Waals surface area (Å²) in [7, 11) is -3.48. The number of rotatable bonds is 5. The van der Waals surface area contributed by atoms with Gasteiger partial charge in [-0.05, 0) is 25.8 Å². The first-order chi connectivity index (χ1) is 7.56. The second kappa shape index (κ2) is 5.53. The second-order valence-corrected chi connectivity index (χ2v) is 4.87. The quantitative estimate of drug-likeness (QED) is 0.614. The molecule has 1 N–H and O–H groups in total. The van der Waals surface area contributed by atoms with E-state index in [2.05, 4.69) is 21.4 Å². The van der Waals surface area contributed by atoms with Gasteiger partial charge in [0.25, 0.3) is 0 Å². The van der Waals surface area contributed by atoms with Crippen LogP contribution in [0.3, 0.4) is 0 Å². The third kappa shape index (κ3) is 3.56. The Balaban J connectivity index is 2.74. The standard InChI is InChI=1S/C10H13N3O2S/c1-9-3-5-10(6-4-9)16(14,15)13-8-12-7-11-2/h3-7,13H,2,8H2,1H3/b12-7-. The molecule has 1 aromatic rings. The van der Waals surface area contributed by atoms with Gasteiger partial charge in [-0.15, -0.1) is 0 Å². The molecular weight excluding hydrogens is 226 g/mol. The van der Waals surface area contributed by atoms with E-state index in [0.29, 0.717) is 0 Å². The van der Waals surface area contributed by atoms with Crippen LogP contribution >= 0.6 is 0 Å². The maximum atomic E-state index is 11.7. The number of sulfonamides is 1. The van der Waals surface area contributed by atoms with E-state index in [1.165, 1.54) is 6.34 Å². The van der Waals surface area contributed by atoms with Crippen molar-refractivity contribution in [2.75, 3.05) is 6.67 Å². The number of aliphatic imine (C=N–C) groups is 2. The first-order valence-electron chi connectivity index (χ1n) is 4.57. The molecule has 0 saturated carbocycles. The smallest absolute Gasteiger partial charge is 0.242 e. The molecule has 1 rings (SSSR count). The molecule has 5 nitrogen and oxygen atoms in total. The number of hydrogen-bond donors (Lipinski definition) is 1. The lowest BCUT2D eigenvalue weighted by Gasteiger charge is -2.04. The molecule has 6 heteroatoms. The van der Waals surface area contributed by atoms with Crippen molar-refractivity contribution in [2.45, 2.75) is 11.8 Å². The molecule has 0 aliphatic carbocycles. The summed E-state index contributed by atoms with van der Waals surface area (Å²) in [6.45, 7) is 5.03. The normalized spacial score (nSPS) is 11.8. The fourth-order valence-electron chi connectivity index (χ4n) is 1.02. The van der Waals surface area contributed by atoms with Crippen molar-refractivity contribution in [3.63, 3.8) is 0 Å². The van der Waals surface area contributed by atoms with Crippen molar-refractivity contribution in [3.05, 3.63) is 29.8 Å². The summed E-state index contributed by atoms with van der Waals surface area (Å²) in [5.74, 6) is 0. The van der Waals surface area contributed by atoms with Crippen LogP contribution in [0, 0.1) is 6.92 Å². The van der Waals surface area contributed by atoms with Gasteiger partial charge >= 0.3 is 0 Å². The summed E-state index contributed by atoms with van der Waals surface area (Å²) in [6, 6.07) is 6.58. The molecule has 0 unspecified atom stereocenters. The van der Waals surface area contributed by atoms with Crippen molar-refractivity contribution < 1.29 is 8.42 Å². The molecule has 0 saturated heterocycles. The SMILES string of the molecule is C=N/C=N\CNS(=O)(=O)c1ccc(C)cc1. The van der Waals surface area contributed by atoms with Gasteiger partial charge in [-0.25, -0.2) is 8.42 Å². The molecule has 86 valence electrons. The Bertz CT molecular complexity index is 477. The molecule has 0 atom stereocenters. The molecule has 0 spiro atoms. The maximum Gasteiger partial charge on any atom is 0.242 e. The van der Waals surface area contributed by atoms with Crippen LogP contribution < -0.4 is 4.72 Å². The molecule has 0 aliphatic heterocycles. The van der Waals surface area contributed by atoms with Crippen LogP contribution in [0.15, 0.2) is 39.1 Å². The van der Waals surface area contributed by atoms with Crippen molar-refractivity contribution in [3.8, 4) is 0 Å². The van der Waals surface area contributed by atoms with Crippen LogP contribution in [0.25, 0.3) is 0 Å². The number of benzene rings is 1. The van der Waals surface area contributed by atoms with Crippen LogP contribution in [-0.4, -0.2) is 28.1 Å². The topological polar surface area (TPSA) is 70.9 Å². The summed E-state index contributed by atoms with van der Waals surface area (Å²) >= 11 is 0. The summed E-state index contributed by atoms with van der Waals surface area (Å²) in [6.07, 6.45) is 1.19. The Hall–Kier alpha value is -1.53. The molecule has 0 heterocycles. The third-order valence-corrected chi connectivity index (χ3v) is 3.24. The van der Waals surface area contributed by atoms with Crippen LogP contribution in [0.5, 0.6) is 0 Å². The molecule has 0 fully saturated rings. The summed E-state index contributed by atoms with van der Waals surface area (Å²) in [5.41, 5.74) is 1.01. The monoisotopic (exact) mass is 239 g/mol. The van der Waals surface area contributed by atoms with E-state index in [-0.39, 0.29) is 11.6 Å². The van der Waals surface area contributed by atoms with Crippen molar-refractivity contribution in [1.29, 1.82) is 0 Å². The highest BCUT2D eigenvalue weighted by molar-refractivity contribution is 7.89. The predicted molar refractivity (Wildman–Crippen MR) is 64.4 cm³/mol. The van der Waals surface area contributed by atoms with Gasteiger partial charge in [0.2, 0.25) is 10.0 Å². The lowest BCUT2D eigenvalue weighted by atomic mass is 10.2. The van der Waals surface area contributed by atoms with E-state index in [9.17, 15) is 8.42 Å². The Morgan fingerprint density at radius 2 is 2.00 bits per heavy atom. The summed E-state index contributed by atoms with van der Waals surface area (Å²) < 4.78 is 25.7. The molecule has 0 bridgehead atoms. The maximum absolute atomic E-state index is 11.7. The van der Waals surface area contributed by atoms with E-state index in [1.807, 2.05) is 6.92 Å². The predicted octanol–water partition coefficient (Wildman–Crippen LogP) is 0.960. The van der Waals surface area contributed by atoms with E-state index in [4.69, 9.17) is 0 Å². The number of hydrogen-bond acceptors (Lipinski definition) is 3. The van der Waals surface area contributed by atoms with Gasteiger partial charge in [0.05, 0.1) is 4.90 Å². The summed E-state index contributed by atoms with van der Waals surface area (Å²) in [4.78, 5) is 7.26. The Kier molecular flexibility index (Phi) is 4.33. The molecule has 1 aromatic carbocycles. The zero-order valence-corrected chi connectivity index (χ0v) is 9.74. The average molecular weight is 239 g/mol. The molecular formula is C10H13N3O2S. The minimum absolute atomic E-state index is 0.0464. The highest BCUT2D eigenvalue weighted by Crippen LogP contribution is 2.09. The van der Waals surface area contributed by atoms with E-state index in [0.717, 1.165) is 5.56 Å². The fraction of sp³-hybridized carbons (Fsp3) is 0.200. The molecule has 0 aromatic heterocycles. The zero-order chi connectivity index (χ0) is 12.0. The Morgan fingerprint density at radius 3 is 2.56 bits per heavy atom. The molecule has 0 aliphatic rings. The van der Waals surface area contributed by atoms with E-state index in [1.54, 1.807) is 24.3 Å². The largest absolute Gasteiger partial charge is 0.257 e. The lowest BCUT2D eigenvalue weighted by molar-refractivity contribution is 0.583. The van der Waals surface area contributed by atoms with Gasteiger partial charge in [0.15, 0.2) is 0 Å². The Labute approximate surface area is 95.0 Å². The Morgan fingerprint density at radius 1 is 1.38 bits per heavy atom. The first-order valence-corrected chi connectivity index (χ1v) is 6.05. The van der Waals surface area contributed by atoms with Crippen molar-refractivity contribution >= 4 is 23.1 Å². The minimum atomic E-state index is -3.48. The highest BCUT2D eigenvalue weighted by atomic mass is 32.2. The van der Waals surface area contributed by atoms with Crippen molar-refractivity contribution in [2.24, 2.45) is 9.98 Å². The van der Waals surface area contributed by atoms with E-state index >= 15 is 0 Å². The minimum Gasteiger partial charge on any atom is -0.257 e. The fourth-order valence-corrected chi connectivity index (χ4v) is 1.93. The highest BCUT2D eigenvalue weighted by Gasteiger charge is 2.11. The molecule has 0 amide bonds. The van der Waals surface area contributed by atoms with Gasteiger partial charge in [-0.1, -0.05) is 17.7 Å². The number of aryl methyl sites for hydroxylation is 1. The van der Waals surface area contributed by atoms with Crippen molar-refractivity contribution in [1.82, 2.24) is 4.72 Å². The first kappa shape index (κ1) is 12.5. The van der Waals surface area contributed by atoms with Crippen LogP contribution in [0.2, 0.25) is 0 Å². The second-order valence-electron chi connectivity index (χ2n) is 3.10. The van der Waals surface area contributed by atoms with Gasteiger partial charge in [0.1, 0.15) is 13.0 Å². The zero-order valence-electron chi connectivity index (χ0n) is 8.92. The number of nitrogens with one attached hydrogen (secondary N) is 1. The molecule has 16 heavy (non-hydrogen) atoms.